The van der Waals surface area contributed by atoms with E-state index in [4.69, 9.17) is 9.90 Å². The van der Waals surface area contributed by atoms with Crippen molar-refractivity contribution in [3.63, 3.8) is 0 Å². The van der Waals surface area contributed by atoms with Crippen molar-refractivity contribution in [2.24, 2.45) is 0 Å². The van der Waals surface area contributed by atoms with Crippen molar-refractivity contribution in [2.75, 3.05) is 0 Å². The number of rotatable bonds is 2. The van der Waals surface area contributed by atoms with E-state index in [9.17, 15) is 10.2 Å². The van der Waals surface area contributed by atoms with Crippen molar-refractivity contribution in [1.29, 1.82) is 0 Å². The molecule has 0 heterocycles. The van der Waals surface area contributed by atoms with Crippen molar-refractivity contribution < 1.29 is 20.1 Å². The van der Waals surface area contributed by atoms with Crippen LogP contribution in [0.15, 0.2) is 18.2 Å². The van der Waals surface area contributed by atoms with Crippen LogP contribution in [0, 0.1) is 0 Å². The molecule has 15 heavy (non-hydrogen) atoms. The maximum absolute atomic E-state index is 9.26. The van der Waals surface area contributed by atoms with E-state index in [1.54, 1.807) is 18.2 Å². The zero-order valence-corrected chi connectivity index (χ0v) is 8.90. The molecule has 0 aliphatic heterocycles. The molecule has 0 aliphatic rings. The zero-order valence-electron chi connectivity index (χ0n) is 8.90. The Morgan fingerprint density at radius 3 is 2.00 bits per heavy atom. The number of phenols is 2. The summed E-state index contributed by atoms with van der Waals surface area (Å²) in [5, 5.41) is 25.9. The third kappa shape index (κ3) is 5.57. The predicted octanol–water partition coefficient (Wildman–Crippen LogP) is 2.14. The largest absolute Gasteiger partial charge is 0.508 e. The average molecular weight is 212 g/mol. The van der Waals surface area contributed by atoms with Crippen molar-refractivity contribution in [3.8, 4) is 11.5 Å². The Morgan fingerprint density at radius 2 is 1.67 bits per heavy atom. The maximum Gasteiger partial charge on any atom is 0.300 e. The average Bonchev–Trinajstić information content (AvgIpc) is 2.11. The van der Waals surface area contributed by atoms with Crippen molar-refractivity contribution in [3.05, 3.63) is 23.8 Å². The number of hydrogen-bond donors (Lipinski definition) is 3. The van der Waals surface area contributed by atoms with Crippen LogP contribution in [0.4, 0.5) is 0 Å². The number of benzene rings is 1. The summed E-state index contributed by atoms with van der Waals surface area (Å²) in [6, 6.07) is 4.80. The molecule has 0 saturated carbocycles. The fourth-order valence-electron chi connectivity index (χ4n) is 1.07. The molecular formula is C11H16O4. The summed E-state index contributed by atoms with van der Waals surface area (Å²) in [6.45, 7) is 3.09. The third-order valence-corrected chi connectivity index (χ3v) is 1.63. The molecule has 0 radical (unpaired) electrons. The van der Waals surface area contributed by atoms with Gasteiger partial charge in [-0.15, -0.1) is 0 Å². The van der Waals surface area contributed by atoms with E-state index < -0.39 is 5.97 Å². The fourth-order valence-corrected chi connectivity index (χ4v) is 1.07. The van der Waals surface area contributed by atoms with Crippen LogP contribution in [0.25, 0.3) is 0 Å². The summed E-state index contributed by atoms with van der Waals surface area (Å²) >= 11 is 0. The molecule has 4 nitrogen and oxygen atoms in total. The first-order valence-electron chi connectivity index (χ1n) is 4.68. The van der Waals surface area contributed by atoms with Crippen LogP contribution in [0.2, 0.25) is 0 Å². The monoisotopic (exact) mass is 212 g/mol. The Kier molecular flexibility index (Phi) is 5.94. The van der Waals surface area contributed by atoms with Crippen LogP contribution in [0.5, 0.6) is 11.5 Å². The molecule has 0 unspecified atom stereocenters. The van der Waals surface area contributed by atoms with Gasteiger partial charge in [-0.05, 0) is 18.6 Å². The van der Waals surface area contributed by atoms with Gasteiger partial charge >= 0.3 is 0 Å². The maximum atomic E-state index is 9.26. The van der Waals surface area contributed by atoms with Crippen molar-refractivity contribution >= 4 is 5.97 Å². The Hall–Kier alpha value is -1.71. The van der Waals surface area contributed by atoms with E-state index in [2.05, 4.69) is 0 Å². The summed E-state index contributed by atoms with van der Waals surface area (Å²) in [6.07, 6.45) is 1.64. The third-order valence-electron chi connectivity index (χ3n) is 1.63. The summed E-state index contributed by atoms with van der Waals surface area (Å²) in [5.74, 6) is -0.460. The summed E-state index contributed by atoms with van der Waals surface area (Å²) in [7, 11) is 0. The van der Waals surface area contributed by atoms with Crippen LogP contribution < -0.4 is 0 Å². The van der Waals surface area contributed by atoms with Crippen LogP contribution in [-0.4, -0.2) is 21.3 Å². The molecule has 0 fully saturated rings. The van der Waals surface area contributed by atoms with Gasteiger partial charge in [0.2, 0.25) is 0 Å². The van der Waals surface area contributed by atoms with E-state index in [1.807, 2.05) is 6.92 Å². The Morgan fingerprint density at radius 1 is 1.27 bits per heavy atom. The smallest absolute Gasteiger partial charge is 0.300 e. The second-order valence-corrected chi connectivity index (χ2v) is 3.04. The summed E-state index contributed by atoms with van der Waals surface area (Å²) < 4.78 is 0. The topological polar surface area (TPSA) is 77.8 Å². The normalized spacial score (nSPS) is 8.93. The molecule has 0 bridgehead atoms. The highest BCUT2D eigenvalue weighted by molar-refractivity contribution is 5.62. The molecular weight excluding hydrogens is 196 g/mol. The SMILES string of the molecule is CC(=O)O.CCCc1c(O)cccc1O. The Labute approximate surface area is 88.8 Å². The van der Waals surface area contributed by atoms with Gasteiger partial charge in [-0.25, -0.2) is 0 Å². The molecule has 0 atom stereocenters. The van der Waals surface area contributed by atoms with E-state index in [-0.39, 0.29) is 11.5 Å². The van der Waals surface area contributed by atoms with Crippen LogP contribution in [0.3, 0.4) is 0 Å². The lowest BCUT2D eigenvalue weighted by atomic mass is 10.1. The predicted molar refractivity (Wildman–Crippen MR) is 57.1 cm³/mol. The van der Waals surface area contributed by atoms with Crippen LogP contribution in [0.1, 0.15) is 25.8 Å². The van der Waals surface area contributed by atoms with E-state index in [0.29, 0.717) is 5.56 Å². The number of hydrogen-bond acceptors (Lipinski definition) is 3. The lowest BCUT2D eigenvalue weighted by Crippen LogP contribution is -1.84. The van der Waals surface area contributed by atoms with Crippen LogP contribution >= 0.6 is 0 Å². The first kappa shape index (κ1) is 13.3. The lowest BCUT2D eigenvalue weighted by molar-refractivity contribution is -0.134. The molecule has 3 N–H and O–H groups in total. The highest BCUT2D eigenvalue weighted by Crippen LogP contribution is 2.26. The number of carboxylic acid groups (broad SMARTS) is 1. The van der Waals surface area contributed by atoms with Gasteiger partial charge < -0.3 is 15.3 Å². The minimum atomic E-state index is -0.833. The standard InChI is InChI=1S/C9H12O2.C2H4O2/c1-2-4-7-8(10)5-3-6-9(7)11;1-2(3)4/h3,5-6,10-11H,2,4H2,1H3;1H3,(H,3,4). The zero-order chi connectivity index (χ0) is 11.8. The highest BCUT2D eigenvalue weighted by Gasteiger charge is 2.03. The fraction of sp³-hybridized carbons (Fsp3) is 0.364. The molecule has 1 rings (SSSR count). The van der Waals surface area contributed by atoms with Gasteiger partial charge in [-0.1, -0.05) is 19.4 Å². The van der Waals surface area contributed by atoms with Crippen LogP contribution in [-0.2, 0) is 11.2 Å². The lowest BCUT2D eigenvalue weighted by Gasteiger charge is -2.03. The number of aromatic hydroxyl groups is 2. The number of carboxylic acids is 1. The molecule has 0 amide bonds. The Bertz CT molecular complexity index is 296. The van der Waals surface area contributed by atoms with E-state index in [0.717, 1.165) is 19.8 Å². The van der Waals surface area contributed by atoms with E-state index in [1.165, 1.54) is 0 Å². The van der Waals surface area contributed by atoms with Gasteiger partial charge in [0.25, 0.3) is 5.97 Å². The quantitative estimate of drug-likeness (QED) is 0.701. The van der Waals surface area contributed by atoms with Gasteiger partial charge in [0, 0.05) is 12.5 Å². The molecule has 1 aromatic rings. The van der Waals surface area contributed by atoms with Gasteiger partial charge in [0.1, 0.15) is 11.5 Å². The summed E-state index contributed by atoms with van der Waals surface area (Å²) in [4.78, 5) is 9.00. The second-order valence-electron chi connectivity index (χ2n) is 3.04. The number of aliphatic carboxylic acids is 1. The molecule has 0 aliphatic carbocycles. The van der Waals surface area contributed by atoms with E-state index >= 15 is 0 Å². The van der Waals surface area contributed by atoms with Gasteiger partial charge in [0.05, 0.1) is 0 Å². The van der Waals surface area contributed by atoms with Gasteiger partial charge in [-0.3, -0.25) is 4.79 Å². The first-order chi connectivity index (χ1) is 6.99. The van der Waals surface area contributed by atoms with Gasteiger partial charge in [0.15, 0.2) is 0 Å². The Balaban J connectivity index is 0.000000423. The molecule has 0 saturated heterocycles. The molecule has 1 aromatic carbocycles. The first-order valence-corrected chi connectivity index (χ1v) is 4.68. The second kappa shape index (κ2) is 6.70. The highest BCUT2D eigenvalue weighted by atomic mass is 16.4. The molecule has 84 valence electrons. The van der Waals surface area contributed by atoms with Gasteiger partial charge in [-0.2, -0.15) is 0 Å². The van der Waals surface area contributed by atoms with Crippen molar-refractivity contribution in [2.45, 2.75) is 26.7 Å². The molecule has 0 aromatic heterocycles. The molecule has 4 heteroatoms. The number of phenolic OH excluding ortho intramolecular Hbond substituents is 2. The minimum absolute atomic E-state index is 0.187. The number of carbonyl (C=O) groups is 1. The minimum Gasteiger partial charge on any atom is -0.508 e. The summed E-state index contributed by atoms with van der Waals surface area (Å²) in [5.41, 5.74) is 0.648. The molecule has 0 spiro atoms. The van der Waals surface area contributed by atoms with Crippen molar-refractivity contribution in [1.82, 2.24) is 0 Å².